The summed E-state index contributed by atoms with van der Waals surface area (Å²) in [6, 6.07) is 7.71. The minimum Gasteiger partial charge on any atom is -0.475 e. The van der Waals surface area contributed by atoms with Crippen molar-refractivity contribution in [3.05, 3.63) is 42.0 Å². The van der Waals surface area contributed by atoms with E-state index < -0.39 is 5.97 Å². The average Bonchev–Trinajstić information content (AvgIpc) is 2.79. The first-order valence-electron chi connectivity index (χ1n) is 5.48. The lowest BCUT2D eigenvalue weighted by atomic mass is 10.1. The maximum atomic E-state index is 10.9. The standard InChI is InChI=1S/C13H13NO3/c1-2-3-9-4-6-10(7-5-9)11-12(13(15)16)17-8-14-11/h4-8H,2-3H2,1H3,(H,15,16). The van der Waals surface area contributed by atoms with Crippen LogP contribution in [0.3, 0.4) is 0 Å². The Kier molecular flexibility index (Phi) is 3.23. The van der Waals surface area contributed by atoms with Crippen LogP contribution in [0.25, 0.3) is 11.3 Å². The molecule has 1 aromatic heterocycles. The van der Waals surface area contributed by atoms with E-state index in [0.717, 1.165) is 24.8 Å². The number of nitrogens with zero attached hydrogens (tertiary/aromatic N) is 1. The second kappa shape index (κ2) is 4.82. The summed E-state index contributed by atoms with van der Waals surface area (Å²) in [5, 5.41) is 8.92. The highest BCUT2D eigenvalue weighted by molar-refractivity contribution is 5.91. The third-order valence-electron chi connectivity index (χ3n) is 2.53. The minimum absolute atomic E-state index is 0.117. The summed E-state index contributed by atoms with van der Waals surface area (Å²) in [7, 11) is 0. The van der Waals surface area contributed by atoms with E-state index in [0.29, 0.717) is 5.69 Å². The molecule has 4 nitrogen and oxygen atoms in total. The molecule has 0 atom stereocenters. The molecule has 1 N–H and O–H groups in total. The van der Waals surface area contributed by atoms with Crippen LogP contribution in [0.1, 0.15) is 29.5 Å². The smallest absolute Gasteiger partial charge is 0.374 e. The lowest BCUT2D eigenvalue weighted by Crippen LogP contribution is -1.96. The second-order valence-corrected chi connectivity index (χ2v) is 3.78. The number of hydrogen-bond donors (Lipinski definition) is 1. The molecular formula is C13H13NO3. The van der Waals surface area contributed by atoms with Gasteiger partial charge < -0.3 is 9.52 Å². The summed E-state index contributed by atoms with van der Waals surface area (Å²) in [5.41, 5.74) is 2.37. The molecule has 0 radical (unpaired) electrons. The average molecular weight is 231 g/mol. The Morgan fingerprint density at radius 1 is 1.35 bits per heavy atom. The largest absolute Gasteiger partial charge is 0.475 e. The number of carboxylic acids is 1. The molecule has 0 spiro atoms. The van der Waals surface area contributed by atoms with E-state index in [-0.39, 0.29) is 5.76 Å². The van der Waals surface area contributed by atoms with Crippen LogP contribution in [-0.2, 0) is 6.42 Å². The molecule has 0 fully saturated rings. The molecule has 0 saturated carbocycles. The molecule has 0 aliphatic heterocycles. The first kappa shape index (κ1) is 11.4. The maximum absolute atomic E-state index is 10.9. The molecular weight excluding hydrogens is 218 g/mol. The van der Waals surface area contributed by atoms with Crippen LogP contribution in [0.5, 0.6) is 0 Å². The summed E-state index contributed by atoms with van der Waals surface area (Å²) in [4.78, 5) is 14.8. The van der Waals surface area contributed by atoms with E-state index in [9.17, 15) is 4.79 Å². The summed E-state index contributed by atoms with van der Waals surface area (Å²) < 4.78 is 4.85. The number of carboxylic acid groups (broad SMARTS) is 1. The number of carbonyl (C=O) groups is 1. The van der Waals surface area contributed by atoms with Gasteiger partial charge >= 0.3 is 5.97 Å². The quantitative estimate of drug-likeness (QED) is 0.878. The minimum atomic E-state index is -1.10. The lowest BCUT2D eigenvalue weighted by molar-refractivity contribution is 0.0663. The number of aromatic carboxylic acids is 1. The second-order valence-electron chi connectivity index (χ2n) is 3.78. The molecule has 0 unspecified atom stereocenters. The Morgan fingerprint density at radius 2 is 2.06 bits per heavy atom. The molecule has 0 aliphatic carbocycles. The van der Waals surface area contributed by atoms with Crippen LogP contribution < -0.4 is 0 Å². The highest BCUT2D eigenvalue weighted by Gasteiger charge is 2.16. The highest BCUT2D eigenvalue weighted by Crippen LogP contribution is 2.22. The van der Waals surface area contributed by atoms with E-state index in [1.54, 1.807) is 0 Å². The Labute approximate surface area is 98.9 Å². The van der Waals surface area contributed by atoms with Crippen molar-refractivity contribution in [1.29, 1.82) is 0 Å². The number of benzene rings is 1. The van der Waals surface area contributed by atoms with E-state index in [1.807, 2.05) is 24.3 Å². The Balaban J connectivity index is 2.33. The van der Waals surface area contributed by atoms with E-state index in [1.165, 1.54) is 5.56 Å². The molecule has 4 heteroatoms. The van der Waals surface area contributed by atoms with Gasteiger partial charge in [-0.15, -0.1) is 0 Å². The van der Waals surface area contributed by atoms with Crippen molar-refractivity contribution in [1.82, 2.24) is 4.98 Å². The van der Waals surface area contributed by atoms with Crippen molar-refractivity contribution >= 4 is 5.97 Å². The van der Waals surface area contributed by atoms with Crippen molar-refractivity contribution in [2.45, 2.75) is 19.8 Å². The molecule has 0 aliphatic rings. The fourth-order valence-corrected chi connectivity index (χ4v) is 1.72. The van der Waals surface area contributed by atoms with Gasteiger partial charge in [0.15, 0.2) is 6.39 Å². The number of hydrogen-bond acceptors (Lipinski definition) is 3. The molecule has 0 saturated heterocycles. The van der Waals surface area contributed by atoms with Gasteiger partial charge in [-0.1, -0.05) is 37.6 Å². The molecule has 2 rings (SSSR count). The van der Waals surface area contributed by atoms with Gasteiger partial charge in [-0.3, -0.25) is 0 Å². The number of aromatic nitrogens is 1. The fourth-order valence-electron chi connectivity index (χ4n) is 1.72. The predicted molar refractivity (Wildman–Crippen MR) is 62.9 cm³/mol. The Hall–Kier alpha value is -2.10. The number of aryl methyl sites for hydroxylation is 1. The third-order valence-corrected chi connectivity index (χ3v) is 2.53. The maximum Gasteiger partial charge on any atom is 0.374 e. The monoisotopic (exact) mass is 231 g/mol. The van der Waals surface area contributed by atoms with Crippen LogP contribution in [0, 0.1) is 0 Å². The van der Waals surface area contributed by atoms with Crippen molar-refractivity contribution in [2.75, 3.05) is 0 Å². The zero-order valence-corrected chi connectivity index (χ0v) is 9.51. The molecule has 2 aromatic rings. The molecule has 17 heavy (non-hydrogen) atoms. The van der Waals surface area contributed by atoms with Crippen LogP contribution in [0.4, 0.5) is 0 Å². The predicted octanol–water partition coefficient (Wildman–Crippen LogP) is 2.99. The van der Waals surface area contributed by atoms with Gasteiger partial charge in [0.25, 0.3) is 0 Å². The number of oxazole rings is 1. The summed E-state index contributed by atoms with van der Waals surface area (Å²) in [6.45, 7) is 2.12. The van der Waals surface area contributed by atoms with Gasteiger partial charge in [0.2, 0.25) is 5.76 Å². The number of rotatable bonds is 4. The van der Waals surface area contributed by atoms with Crippen molar-refractivity contribution in [3.8, 4) is 11.3 Å². The van der Waals surface area contributed by atoms with Crippen molar-refractivity contribution in [3.63, 3.8) is 0 Å². The van der Waals surface area contributed by atoms with Gasteiger partial charge in [-0.25, -0.2) is 9.78 Å². The highest BCUT2D eigenvalue weighted by atomic mass is 16.4. The molecule has 1 heterocycles. The van der Waals surface area contributed by atoms with Gasteiger partial charge in [-0.2, -0.15) is 0 Å². The zero-order chi connectivity index (χ0) is 12.3. The third kappa shape index (κ3) is 2.36. The van der Waals surface area contributed by atoms with Gasteiger partial charge in [-0.05, 0) is 12.0 Å². The van der Waals surface area contributed by atoms with Crippen LogP contribution in [0.15, 0.2) is 35.1 Å². The van der Waals surface area contributed by atoms with Crippen LogP contribution in [-0.4, -0.2) is 16.1 Å². The molecule has 0 bridgehead atoms. The molecule has 0 amide bonds. The van der Waals surface area contributed by atoms with Crippen LogP contribution >= 0.6 is 0 Å². The first-order chi connectivity index (χ1) is 8.22. The van der Waals surface area contributed by atoms with Crippen molar-refractivity contribution in [2.24, 2.45) is 0 Å². The van der Waals surface area contributed by atoms with E-state index >= 15 is 0 Å². The van der Waals surface area contributed by atoms with Crippen molar-refractivity contribution < 1.29 is 14.3 Å². The normalized spacial score (nSPS) is 10.4. The Bertz CT molecular complexity index is 514. The summed E-state index contributed by atoms with van der Waals surface area (Å²) >= 11 is 0. The van der Waals surface area contributed by atoms with Crippen LogP contribution in [0.2, 0.25) is 0 Å². The first-order valence-corrected chi connectivity index (χ1v) is 5.48. The molecule has 1 aromatic carbocycles. The Morgan fingerprint density at radius 3 is 2.65 bits per heavy atom. The van der Waals surface area contributed by atoms with Gasteiger partial charge in [0, 0.05) is 5.56 Å². The van der Waals surface area contributed by atoms with E-state index in [2.05, 4.69) is 11.9 Å². The topological polar surface area (TPSA) is 63.3 Å². The zero-order valence-electron chi connectivity index (χ0n) is 9.51. The summed E-state index contributed by atoms with van der Waals surface area (Å²) in [6.07, 6.45) is 3.26. The fraction of sp³-hybridized carbons (Fsp3) is 0.231. The summed E-state index contributed by atoms with van der Waals surface area (Å²) in [5.74, 6) is -1.22. The lowest BCUT2D eigenvalue weighted by Gasteiger charge is -2.01. The van der Waals surface area contributed by atoms with Gasteiger partial charge in [0.05, 0.1) is 0 Å². The molecule has 88 valence electrons. The van der Waals surface area contributed by atoms with Gasteiger partial charge in [0.1, 0.15) is 5.69 Å². The SMILES string of the molecule is CCCc1ccc(-c2ncoc2C(=O)O)cc1. The van der Waals surface area contributed by atoms with E-state index in [4.69, 9.17) is 9.52 Å².